The van der Waals surface area contributed by atoms with Gasteiger partial charge in [-0.2, -0.15) is 0 Å². The first-order chi connectivity index (χ1) is 14.5. The number of hydrogen-bond donors (Lipinski definition) is 3. The molecule has 0 bridgehead atoms. The van der Waals surface area contributed by atoms with Crippen LogP contribution in [0.2, 0.25) is 0 Å². The van der Waals surface area contributed by atoms with E-state index in [1.165, 1.54) is 0 Å². The second-order valence-corrected chi connectivity index (χ2v) is 9.80. The number of ketones is 1. The first-order valence-corrected chi connectivity index (χ1v) is 10.5. The molecule has 31 heavy (non-hydrogen) atoms. The van der Waals surface area contributed by atoms with Gasteiger partial charge in [0.25, 0.3) is 5.79 Å². The van der Waals surface area contributed by atoms with Crippen molar-refractivity contribution in [3.8, 4) is 5.75 Å². The molecule has 0 spiro atoms. The summed E-state index contributed by atoms with van der Waals surface area (Å²) < 4.78 is 11.5. The Kier molecular flexibility index (Phi) is 3.85. The summed E-state index contributed by atoms with van der Waals surface area (Å²) in [5, 5.41) is 14.5. The number of rotatable bonds is 2. The van der Waals surface area contributed by atoms with Crippen molar-refractivity contribution in [3.05, 3.63) is 58.7 Å². The molecule has 4 N–H and O–H groups in total. The highest BCUT2D eigenvalue weighted by molar-refractivity contribution is 6.14. The molecular weight excluding hydrogens is 396 g/mol. The lowest BCUT2D eigenvalue weighted by atomic mass is 9.82. The Labute approximate surface area is 180 Å². The van der Waals surface area contributed by atoms with Crippen molar-refractivity contribution in [3.63, 3.8) is 0 Å². The molecule has 0 saturated heterocycles. The van der Waals surface area contributed by atoms with Crippen LogP contribution in [0.15, 0.2) is 36.4 Å². The van der Waals surface area contributed by atoms with Gasteiger partial charge >= 0.3 is 6.09 Å². The summed E-state index contributed by atoms with van der Waals surface area (Å²) in [7, 11) is 0. The Bertz CT molecular complexity index is 1140. The molecule has 2 aromatic carbocycles. The third-order valence-corrected chi connectivity index (χ3v) is 6.43. The summed E-state index contributed by atoms with van der Waals surface area (Å²) in [5.41, 5.74) is 5.47. The Morgan fingerprint density at radius 2 is 1.97 bits per heavy atom. The van der Waals surface area contributed by atoms with Gasteiger partial charge in [0.15, 0.2) is 0 Å². The summed E-state index contributed by atoms with van der Waals surface area (Å²) in [6.45, 7) is 7.35. The van der Waals surface area contributed by atoms with Crippen LogP contribution in [0, 0.1) is 5.92 Å². The Balaban J connectivity index is 1.68. The number of benzene rings is 2. The molecule has 5 rings (SSSR count). The number of carbonyl (C=O) groups is 2. The minimum atomic E-state index is -2.14. The summed E-state index contributed by atoms with van der Waals surface area (Å²) in [6, 6.07) is 10.4. The molecule has 162 valence electrons. The third kappa shape index (κ3) is 2.62. The minimum Gasteiger partial charge on any atom is -0.454 e. The lowest BCUT2D eigenvalue weighted by Gasteiger charge is -2.35. The van der Waals surface area contributed by atoms with E-state index in [2.05, 4.69) is 12.2 Å². The second-order valence-electron chi connectivity index (χ2n) is 9.80. The van der Waals surface area contributed by atoms with E-state index in [4.69, 9.17) is 15.2 Å². The third-order valence-electron chi connectivity index (χ3n) is 6.43. The number of carbonyl (C=O) groups excluding carboxylic acids is 2. The molecule has 1 saturated carbocycles. The molecular formula is C24H26N2O5. The molecule has 1 heterocycles. The van der Waals surface area contributed by atoms with Crippen LogP contribution < -0.4 is 15.8 Å². The van der Waals surface area contributed by atoms with Crippen molar-refractivity contribution in [2.45, 2.75) is 57.0 Å². The van der Waals surface area contributed by atoms with Gasteiger partial charge in [0.05, 0.1) is 5.56 Å². The molecule has 0 aromatic heterocycles. The first-order valence-electron chi connectivity index (χ1n) is 10.5. The molecule has 0 radical (unpaired) electrons. The van der Waals surface area contributed by atoms with Crippen molar-refractivity contribution in [1.82, 2.24) is 5.32 Å². The molecule has 2 aliphatic carbocycles. The maximum atomic E-state index is 13.8. The van der Waals surface area contributed by atoms with E-state index in [0.717, 1.165) is 12.0 Å². The van der Waals surface area contributed by atoms with Crippen LogP contribution in [0.3, 0.4) is 0 Å². The van der Waals surface area contributed by atoms with Gasteiger partial charge in [0.2, 0.25) is 11.3 Å². The zero-order valence-electron chi connectivity index (χ0n) is 18.0. The zero-order valence-corrected chi connectivity index (χ0v) is 18.0. The Morgan fingerprint density at radius 1 is 1.26 bits per heavy atom. The van der Waals surface area contributed by atoms with Gasteiger partial charge in [0.1, 0.15) is 11.4 Å². The molecule has 1 fully saturated rings. The fraction of sp³-hybridized carbons (Fsp3) is 0.417. The van der Waals surface area contributed by atoms with Gasteiger partial charge in [-0.05, 0) is 56.7 Å². The van der Waals surface area contributed by atoms with Gasteiger partial charge in [-0.25, -0.2) is 4.79 Å². The highest BCUT2D eigenvalue weighted by Gasteiger charge is 2.72. The van der Waals surface area contributed by atoms with Gasteiger partial charge in [-0.15, -0.1) is 0 Å². The predicted octanol–water partition coefficient (Wildman–Crippen LogP) is 3.55. The molecule has 0 unspecified atom stereocenters. The first kappa shape index (κ1) is 19.9. The van der Waals surface area contributed by atoms with Gasteiger partial charge in [-0.3, -0.25) is 10.1 Å². The van der Waals surface area contributed by atoms with Gasteiger partial charge in [-0.1, -0.05) is 31.2 Å². The van der Waals surface area contributed by atoms with E-state index in [1.807, 2.05) is 12.1 Å². The fourth-order valence-corrected chi connectivity index (χ4v) is 4.86. The van der Waals surface area contributed by atoms with Crippen molar-refractivity contribution < 1.29 is 24.2 Å². The van der Waals surface area contributed by atoms with Crippen LogP contribution in [0.25, 0.3) is 0 Å². The normalized spacial score (nSPS) is 30.2. The summed E-state index contributed by atoms with van der Waals surface area (Å²) >= 11 is 0. The zero-order chi connectivity index (χ0) is 22.3. The number of nitrogens with two attached hydrogens (primary N) is 1. The number of nitrogens with one attached hydrogen (secondary N) is 1. The van der Waals surface area contributed by atoms with E-state index in [9.17, 15) is 14.7 Å². The Hall–Kier alpha value is -3.06. The van der Waals surface area contributed by atoms with Gasteiger partial charge < -0.3 is 20.3 Å². The number of aliphatic hydroxyl groups is 1. The van der Waals surface area contributed by atoms with Crippen molar-refractivity contribution in [2.75, 3.05) is 5.73 Å². The van der Waals surface area contributed by atoms with Crippen molar-refractivity contribution in [1.29, 1.82) is 0 Å². The molecule has 3 aliphatic rings. The van der Waals surface area contributed by atoms with E-state index >= 15 is 0 Å². The number of Topliss-reactive ketones (excluding diaryl/α,β-unsaturated/α-hetero) is 1. The number of amides is 1. The maximum absolute atomic E-state index is 13.8. The average Bonchev–Trinajstić information content (AvgIpc) is 3.29. The largest absolute Gasteiger partial charge is 0.454 e. The van der Waals surface area contributed by atoms with E-state index in [1.54, 1.807) is 45.0 Å². The number of hydrogen-bond acceptors (Lipinski definition) is 6. The van der Waals surface area contributed by atoms with Crippen molar-refractivity contribution >= 4 is 17.6 Å². The molecule has 2 aromatic rings. The second kappa shape index (κ2) is 6.01. The average molecular weight is 422 g/mol. The highest BCUT2D eigenvalue weighted by Crippen LogP contribution is 2.60. The molecule has 1 aliphatic heterocycles. The van der Waals surface area contributed by atoms with Crippen LogP contribution in [0.5, 0.6) is 5.75 Å². The molecule has 4 atom stereocenters. The molecule has 7 nitrogen and oxygen atoms in total. The van der Waals surface area contributed by atoms with E-state index in [0.29, 0.717) is 23.1 Å². The van der Waals surface area contributed by atoms with Crippen LogP contribution in [0.1, 0.15) is 67.1 Å². The number of fused-ring (bicyclic) bond motifs is 5. The van der Waals surface area contributed by atoms with Crippen LogP contribution >= 0.6 is 0 Å². The van der Waals surface area contributed by atoms with Crippen molar-refractivity contribution in [2.24, 2.45) is 5.92 Å². The minimum absolute atomic E-state index is 0.145. The van der Waals surface area contributed by atoms with Crippen LogP contribution in [-0.4, -0.2) is 22.6 Å². The summed E-state index contributed by atoms with van der Waals surface area (Å²) in [5.74, 6) is -1.28. The smallest absolute Gasteiger partial charge is 0.408 e. The van der Waals surface area contributed by atoms with Crippen LogP contribution in [-0.2, 0) is 16.1 Å². The fourth-order valence-electron chi connectivity index (χ4n) is 4.86. The standard InChI is InChI=1S/C24H26N2O5/c1-12-10-14(12)13-8-9-15-18(11-13)30-24(29)16-6-5-7-17(25)19(16)20(27)23(15,24)26-21(28)31-22(2,3)4/h5-9,11-12,14,29H,10,25H2,1-4H3,(H,26,28)/t12-,14-,23-,24-/m1/s1. The SMILES string of the molecule is C[C@@H]1C[C@H]1c1ccc2c(c1)O[C@]1(O)c3cccc(N)c3C(=O)[C@]21NC(=O)OC(C)(C)C. The Morgan fingerprint density at radius 3 is 2.61 bits per heavy atom. The number of ether oxygens (including phenoxy) is 2. The quantitative estimate of drug-likeness (QED) is 0.639. The predicted molar refractivity (Wildman–Crippen MR) is 114 cm³/mol. The lowest BCUT2D eigenvalue weighted by molar-refractivity contribution is -0.170. The number of alkyl carbamates (subject to hydrolysis) is 1. The summed E-state index contributed by atoms with van der Waals surface area (Å²) in [6.07, 6.45) is 0.254. The maximum Gasteiger partial charge on any atom is 0.408 e. The summed E-state index contributed by atoms with van der Waals surface area (Å²) in [4.78, 5) is 26.6. The topological polar surface area (TPSA) is 111 Å². The lowest BCUT2D eigenvalue weighted by Crippen LogP contribution is -2.60. The monoisotopic (exact) mass is 422 g/mol. The number of nitrogen functional groups attached to an aromatic ring is 1. The molecule has 7 heteroatoms. The van der Waals surface area contributed by atoms with E-state index in [-0.39, 0.29) is 16.8 Å². The highest BCUT2D eigenvalue weighted by atomic mass is 16.6. The van der Waals surface area contributed by atoms with E-state index < -0.39 is 28.8 Å². The van der Waals surface area contributed by atoms with Crippen LogP contribution in [0.4, 0.5) is 10.5 Å². The molecule has 1 amide bonds. The van der Waals surface area contributed by atoms with Gasteiger partial charge in [0, 0.05) is 16.8 Å². The number of anilines is 1.